The van der Waals surface area contributed by atoms with E-state index in [9.17, 15) is 19.7 Å². The second kappa shape index (κ2) is 14.3. The molecule has 3 rings (SSSR count). The van der Waals surface area contributed by atoms with E-state index in [-0.39, 0.29) is 25.3 Å². The maximum Gasteiger partial charge on any atom is 0.255 e. The summed E-state index contributed by atoms with van der Waals surface area (Å²) in [7, 11) is 0. The number of nitro groups is 1. The average Bonchev–Trinajstić information content (AvgIpc) is 2.91. The summed E-state index contributed by atoms with van der Waals surface area (Å²) in [5.74, 6) is -1.12. The van der Waals surface area contributed by atoms with Crippen molar-refractivity contribution in [1.82, 2.24) is 16.2 Å². The van der Waals surface area contributed by atoms with Crippen LogP contribution in [0.3, 0.4) is 0 Å². The highest BCUT2D eigenvalue weighted by atomic mass is 16.6. The molecule has 200 valence electrons. The van der Waals surface area contributed by atoms with Crippen LogP contribution in [-0.4, -0.2) is 47.9 Å². The second-order valence-corrected chi connectivity index (χ2v) is 8.86. The van der Waals surface area contributed by atoms with Gasteiger partial charge in [-0.1, -0.05) is 72.8 Å². The smallest absolute Gasteiger partial charge is 0.255 e. The fourth-order valence-corrected chi connectivity index (χ4v) is 3.89. The van der Waals surface area contributed by atoms with E-state index in [1.165, 1.54) is 0 Å². The van der Waals surface area contributed by atoms with Crippen molar-refractivity contribution in [1.29, 1.82) is 0 Å². The molecular weight excluding hydrogens is 486 g/mol. The number of guanidine groups is 1. The van der Waals surface area contributed by atoms with Crippen LogP contribution >= 0.6 is 0 Å². The predicted molar refractivity (Wildman–Crippen MR) is 147 cm³/mol. The highest BCUT2D eigenvalue weighted by Gasteiger charge is 2.19. The van der Waals surface area contributed by atoms with Gasteiger partial charge in [0.15, 0.2) is 0 Å². The zero-order chi connectivity index (χ0) is 27.3. The maximum absolute atomic E-state index is 12.8. The third-order valence-corrected chi connectivity index (χ3v) is 5.89. The van der Waals surface area contributed by atoms with Gasteiger partial charge in [0.2, 0.25) is 18.4 Å². The number of carbonyl (C=O) groups is 2. The molecule has 0 heterocycles. The Balaban J connectivity index is 1.53. The van der Waals surface area contributed by atoms with Crippen LogP contribution in [0.25, 0.3) is 10.8 Å². The fourth-order valence-electron chi connectivity index (χ4n) is 3.89. The van der Waals surface area contributed by atoms with Crippen molar-refractivity contribution in [3.8, 4) is 0 Å². The third kappa shape index (κ3) is 9.17. The molecule has 0 aliphatic carbocycles. The molecule has 11 nitrogen and oxygen atoms in total. The molecule has 0 aliphatic heterocycles. The van der Waals surface area contributed by atoms with E-state index in [1.54, 1.807) is 0 Å². The quantitative estimate of drug-likeness (QED) is 0.104. The van der Waals surface area contributed by atoms with Crippen LogP contribution in [0.2, 0.25) is 0 Å². The molecule has 0 radical (unpaired) electrons. The number of aliphatic imine (C=N–C) groups is 1. The van der Waals surface area contributed by atoms with Gasteiger partial charge in [0.25, 0.3) is 5.91 Å². The van der Waals surface area contributed by atoms with Crippen molar-refractivity contribution >= 4 is 28.5 Å². The first-order valence-corrected chi connectivity index (χ1v) is 12.4. The molecule has 0 saturated heterocycles. The Bertz CT molecular complexity index is 1270. The first kappa shape index (κ1) is 28.1. The van der Waals surface area contributed by atoms with E-state index in [4.69, 9.17) is 11.5 Å². The zero-order valence-electron chi connectivity index (χ0n) is 21.0. The van der Waals surface area contributed by atoms with Gasteiger partial charge < -0.3 is 16.8 Å². The van der Waals surface area contributed by atoms with Crippen molar-refractivity contribution in [3.63, 3.8) is 0 Å². The molecule has 0 unspecified atom stereocenters. The van der Waals surface area contributed by atoms with Gasteiger partial charge in [0.1, 0.15) is 6.04 Å². The zero-order valence-corrected chi connectivity index (χ0v) is 21.0. The normalized spacial score (nSPS) is 12.9. The third-order valence-electron chi connectivity index (χ3n) is 5.89. The lowest BCUT2D eigenvalue weighted by Crippen LogP contribution is -2.52. The number of benzene rings is 3. The van der Waals surface area contributed by atoms with Crippen LogP contribution in [0.15, 0.2) is 77.8 Å². The van der Waals surface area contributed by atoms with Gasteiger partial charge in [0.05, 0.1) is 6.04 Å². The van der Waals surface area contributed by atoms with Crippen molar-refractivity contribution in [2.75, 3.05) is 13.1 Å². The molecule has 2 atom stereocenters. The van der Waals surface area contributed by atoms with Gasteiger partial charge in [-0.2, -0.15) is 0 Å². The summed E-state index contributed by atoms with van der Waals surface area (Å²) >= 11 is 0. The van der Waals surface area contributed by atoms with Crippen LogP contribution < -0.4 is 27.6 Å². The average molecular weight is 520 g/mol. The summed E-state index contributed by atoms with van der Waals surface area (Å²) in [6, 6.07) is 21.6. The number of nitrogens with zero attached hydrogens (tertiary/aromatic N) is 2. The first-order chi connectivity index (χ1) is 18.3. The first-order valence-electron chi connectivity index (χ1n) is 12.4. The predicted octanol–water partition coefficient (Wildman–Crippen LogP) is 1.43. The van der Waals surface area contributed by atoms with E-state index >= 15 is 0 Å². The minimum Gasteiger partial charge on any atom is -0.369 e. The van der Waals surface area contributed by atoms with E-state index in [1.807, 2.05) is 66.7 Å². The highest BCUT2D eigenvalue weighted by molar-refractivity contribution is 5.89. The van der Waals surface area contributed by atoms with Gasteiger partial charge >= 0.3 is 0 Å². The molecule has 11 heteroatoms. The number of hydrogen-bond donors (Lipinski definition) is 5. The lowest BCUT2D eigenvalue weighted by molar-refractivity contribution is -0.480. The Morgan fingerprint density at radius 2 is 1.63 bits per heavy atom. The molecule has 7 N–H and O–H groups in total. The molecular formula is C27H33N7O4. The Kier molecular flexibility index (Phi) is 10.6. The number of fused-ring (bicyclic) bond motifs is 1. The van der Waals surface area contributed by atoms with Gasteiger partial charge in [-0.3, -0.25) is 30.6 Å². The lowest BCUT2D eigenvalue weighted by Gasteiger charge is -2.16. The number of nitrogens with one attached hydrogen (secondary N) is 3. The Hall–Kier alpha value is -4.51. The monoisotopic (exact) mass is 519 g/mol. The Morgan fingerprint density at radius 3 is 2.37 bits per heavy atom. The summed E-state index contributed by atoms with van der Waals surface area (Å²) in [4.78, 5) is 39.6. The van der Waals surface area contributed by atoms with E-state index in [2.05, 4.69) is 27.2 Å². The van der Waals surface area contributed by atoms with Crippen LogP contribution in [-0.2, 0) is 22.4 Å². The largest absolute Gasteiger partial charge is 0.369 e. The maximum atomic E-state index is 12.8. The number of nitrogens with two attached hydrogens (primary N) is 2. The van der Waals surface area contributed by atoms with Crippen LogP contribution in [0, 0.1) is 10.1 Å². The Labute approximate surface area is 220 Å². The van der Waals surface area contributed by atoms with Crippen LogP contribution in [0.1, 0.15) is 24.0 Å². The standard InChI is InChI=1S/C27H33N7O4/c28-23(18-19-7-2-1-3-8-19)25(35)32-33-27(29)31-24(11-6-16-34(37)38)26(36)30-15-14-20-12-13-21-9-4-5-10-22(21)17-20/h1-5,7-10,12-13,17,23-24H,6,11,14-16,18,28H2,(H,30,36)(H,32,35)(H3,29,31,33)/t23-,24+/m1/s1. The van der Waals surface area contributed by atoms with Gasteiger partial charge in [0, 0.05) is 17.9 Å². The SMILES string of the molecule is NC(=N[C@@H](CCC[N+](=O)[O-])C(=O)NCCc1ccc2ccccc2c1)NNC(=O)[C@H](N)Cc1ccccc1. The number of hydrazine groups is 1. The van der Waals surface area contributed by atoms with Gasteiger partial charge in [-0.15, -0.1) is 0 Å². The van der Waals surface area contributed by atoms with Crippen molar-refractivity contribution < 1.29 is 14.5 Å². The van der Waals surface area contributed by atoms with E-state index < -0.39 is 28.8 Å². The summed E-state index contributed by atoms with van der Waals surface area (Å²) in [5, 5.41) is 15.8. The summed E-state index contributed by atoms with van der Waals surface area (Å²) in [5.41, 5.74) is 18.7. The number of rotatable bonds is 12. The van der Waals surface area contributed by atoms with Crippen molar-refractivity contribution in [2.45, 2.75) is 37.8 Å². The molecule has 0 saturated carbocycles. The molecule has 0 bridgehead atoms. The van der Waals surface area contributed by atoms with Gasteiger partial charge in [-0.25, -0.2) is 4.99 Å². The molecule has 3 aromatic rings. The number of amides is 2. The second-order valence-electron chi connectivity index (χ2n) is 8.86. The van der Waals surface area contributed by atoms with Crippen LogP contribution in [0.5, 0.6) is 0 Å². The molecule has 38 heavy (non-hydrogen) atoms. The lowest BCUT2D eigenvalue weighted by atomic mass is 10.1. The topological polar surface area (TPSA) is 178 Å². The molecule has 0 aromatic heterocycles. The minimum absolute atomic E-state index is 0.118. The molecule has 0 fully saturated rings. The molecule has 0 spiro atoms. The minimum atomic E-state index is -0.964. The summed E-state index contributed by atoms with van der Waals surface area (Å²) in [6.07, 6.45) is 1.19. The highest BCUT2D eigenvalue weighted by Crippen LogP contribution is 2.15. The summed E-state index contributed by atoms with van der Waals surface area (Å²) in [6.45, 7) is 0.0611. The van der Waals surface area contributed by atoms with E-state index in [0.29, 0.717) is 19.4 Å². The Morgan fingerprint density at radius 1 is 0.921 bits per heavy atom. The van der Waals surface area contributed by atoms with Gasteiger partial charge in [-0.05, 0) is 41.2 Å². The molecule has 2 amide bonds. The summed E-state index contributed by atoms with van der Waals surface area (Å²) < 4.78 is 0. The van der Waals surface area contributed by atoms with Crippen molar-refractivity contribution in [2.24, 2.45) is 16.5 Å². The fraction of sp³-hybridized carbons (Fsp3) is 0.296. The number of hydrogen-bond acceptors (Lipinski definition) is 6. The van der Waals surface area contributed by atoms with Crippen LogP contribution in [0.4, 0.5) is 0 Å². The van der Waals surface area contributed by atoms with Crippen molar-refractivity contribution in [3.05, 3.63) is 94.0 Å². The molecule has 3 aromatic carbocycles. The molecule has 0 aliphatic rings. The number of carbonyl (C=O) groups excluding carboxylic acids is 2. The van der Waals surface area contributed by atoms with E-state index in [0.717, 1.165) is 21.9 Å².